The molecule has 0 aliphatic rings. The zero-order valence-corrected chi connectivity index (χ0v) is 11.0. The zero-order valence-electron chi connectivity index (χ0n) is 10.3. The first kappa shape index (κ1) is 13.3. The number of hydrogen-bond donors (Lipinski definition) is 1. The number of rotatable bonds is 6. The van der Waals surface area contributed by atoms with Crippen LogP contribution >= 0.6 is 11.6 Å². The van der Waals surface area contributed by atoms with E-state index in [1.165, 1.54) is 5.56 Å². The van der Waals surface area contributed by atoms with Crippen LogP contribution in [0.2, 0.25) is 5.02 Å². The average molecular weight is 242 g/mol. The number of nitrogens with one attached hydrogen (secondary N) is 1. The number of halogens is 1. The van der Waals surface area contributed by atoms with Gasteiger partial charge in [-0.15, -0.1) is 0 Å². The first-order valence-electron chi connectivity index (χ1n) is 5.72. The van der Waals surface area contributed by atoms with E-state index in [1.54, 1.807) is 7.11 Å². The van der Waals surface area contributed by atoms with Crippen LogP contribution in [0.4, 0.5) is 0 Å². The molecule has 0 unspecified atom stereocenters. The molecule has 1 aromatic carbocycles. The van der Waals surface area contributed by atoms with E-state index in [0.717, 1.165) is 42.3 Å². The Labute approximate surface area is 103 Å². The van der Waals surface area contributed by atoms with Crippen LogP contribution in [0.3, 0.4) is 0 Å². The van der Waals surface area contributed by atoms with Crippen LogP contribution in [-0.2, 0) is 6.42 Å². The van der Waals surface area contributed by atoms with Gasteiger partial charge < -0.3 is 10.1 Å². The Balaban J connectivity index is 2.69. The minimum absolute atomic E-state index is 0.789. The van der Waals surface area contributed by atoms with Gasteiger partial charge >= 0.3 is 0 Å². The van der Waals surface area contributed by atoms with Crippen molar-refractivity contribution in [2.75, 3.05) is 20.2 Å². The average Bonchev–Trinajstić information content (AvgIpc) is 2.24. The standard InChI is InChI=1S/C13H20ClNO/c1-4-15-7-5-6-11-9-12(14)8-10(2)13(11)16-3/h8-9,15H,4-7H2,1-3H3. The fraction of sp³-hybridized carbons (Fsp3) is 0.538. The van der Waals surface area contributed by atoms with Gasteiger partial charge in [-0.2, -0.15) is 0 Å². The van der Waals surface area contributed by atoms with E-state index in [-0.39, 0.29) is 0 Å². The Hall–Kier alpha value is -0.730. The smallest absolute Gasteiger partial charge is 0.125 e. The molecule has 1 N–H and O–H groups in total. The molecule has 0 aliphatic heterocycles. The summed E-state index contributed by atoms with van der Waals surface area (Å²) < 4.78 is 5.41. The Morgan fingerprint density at radius 3 is 2.75 bits per heavy atom. The van der Waals surface area contributed by atoms with Crippen LogP contribution in [-0.4, -0.2) is 20.2 Å². The quantitative estimate of drug-likeness (QED) is 0.773. The van der Waals surface area contributed by atoms with Gasteiger partial charge in [0.1, 0.15) is 5.75 Å². The summed E-state index contributed by atoms with van der Waals surface area (Å²) in [4.78, 5) is 0. The van der Waals surface area contributed by atoms with Gasteiger partial charge in [-0.25, -0.2) is 0 Å². The Kier molecular flexibility index (Phi) is 5.64. The monoisotopic (exact) mass is 241 g/mol. The molecule has 0 fully saturated rings. The van der Waals surface area contributed by atoms with Crippen molar-refractivity contribution in [3.8, 4) is 5.75 Å². The van der Waals surface area contributed by atoms with Gasteiger partial charge in [0.15, 0.2) is 0 Å². The summed E-state index contributed by atoms with van der Waals surface area (Å²) in [5.41, 5.74) is 2.30. The number of aryl methyl sites for hydroxylation is 2. The van der Waals surface area contributed by atoms with E-state index in [4.69, 9.17) is 16.3 Å². The summed E-state index contributed by atoms with van der Waals surface area (Å²) in [6.45, 7) is 6.19. The van der Waals surface area contributed by atoms with E-state index in [9.17, 15) is 0 Å². The van der Waals surface area contributed by atoms with E-state index < -0.39 is 0 Å². The molecule has 0 aliphatic carbocycles. The van der Waals surface area contributed by atoms with Crippen molar-refractivity contribution in [1.82, 2.24) is 5.32 Å². The van der Waals surface area contributed by atoms with Crippen LogP contribution in [0.1, 0.15) is 24.5 Å². The number of hydrogen-bond acceptors (Lipinski definition) is 2. The Morgan fingerprint density at radius 2 is 2.12 bits per heavy atom. The fourth-order valence-electron chi connectivity index (χ4n) is 1.86. The van der Waals surface area contributed by atoms with Crippen LogP contribution in [0, 0.1) is 6.92 Å². The number of benzene rings is 1. The van der Waals surface area contributed by atoms with Crippen molar-refractivity contribution in [3.63, 3.8) is 0 Å². The molecule has 90 valence electrons. The predicted molar refractivity (Wildman–Crippen MR) is 69.6 cm³/mol. The maximum atomic E-state index is 6.05. The van der Waals surface area contributed by atoms with Crippen molar-refractivity contribution in [2.24, 2.45) is 0 Å². The van der Waals surface area contributed by atoms with Crippen molar-refractivity contribution >= 4 is 11.6 Å². The summed E-state index contributed by atoms with van der Waals surface area (Å²) in [5.74, 6) is 0.973. The first-order valence-corrected chi connectivity index (χ1v) is 6.10. The fourth-order valence-corrected chi connectivity index (χ4v) is 2.15. The third-order valence-corrected chi connectivity index (χ3v) is 2.79. The zero-order chi connectivity index (χ0) is 12.0. The summed E-state index contributed by atoms with van der Waals surface area (Å²) in [7, 11) is 1.71. The van der Waals surface area contributed by atoms with Gasteiger partial charge in [-0.05, 0) is 56.1 Å². The minimum Gasteiger partial charge on any atom is -0.496 e. The molecule has 0 bridgehead atoms. The van der Waals surface area contributed by atoms with Gasteiger partial charge in [-0.3, -0.25) is 0 Å². The second-order valence-electron chi connectivity index (χ2n) is 3.87. The summed E-state index contributed by atoms with van der Waals surface area (Å²) >= 11 is 6.05. The molecule has 2 nitrogen and oxygen atoms in total. The lowest BCUT2D eigenvalue weighted by atomic mass is 10.1. The first-order chi connectivity index (χ1) is 7.69. The molecule has 16 heavy (non-hydrogen) atoms. The molecule has 0 atom stereocenters. The third-order valence-electron chi connectivity index (χ3n) is 2.57. The lowest BCUT2D eigenvalue weighted by Gasteiger charge is -2.12. The maximum Gasteiger partial charge on any atom is 0.125 e. The van der Waals surface area contributed by atoms with Gasteiger partial charge in [0, 0.05) is 5.02 Å². The molecule has 3 heteroatoms. The molecule has 1 aromatic rings. The topological polar surface area (TPSA) is 21.3 Å². The highest BCUT2D eigenvalue weighted by Crippen LogP contribution is 2.28. The van der Waals surface area contributed by atoms with Crippen LogP contribution in [0.5, 0.6) is 5.75 Å². The van der Waals surface area contributed by atoms with E-state index in [1.807, 2.05) is 19.1 Å². The molecular formula is C13H20ClNO. The van der Waals surface area contributed by atoms with E-state index >= 15 is 0 Å². The number of methoxy groups -OCH3 is 1. The third kappa shape index (κ3) is 3.69. The van der Waals surface area contributed by atoms with Crippen LogP contribution in [0.25, 0.3) is 0 Å². The predicted octanol–water partition coefficient (Wildman–Crippen LogP) is 3.20. The lowest BCUT2D eigenvalue weighted by molar-refractivity contribution is 0.406. The Morgan fingerprint density at radius 1 is 1.38 bits per heavy atom. The van der Waals surface area contributed by atoms with Gasteiger partial charge in [-0.1, -0.05) is 18.5 Å². The highest BCUT2D eigenvalue weighted by Gasteiger charge is 2.07. The largest absolute Gasteiger partial charge is 0.496 e. The van der Waals surface area contributed by atoms with E-state index in [2.05, 4.69) is 12.2 Å². The molecule has 1 rings (SSSR count). The Bertz CT molecular complexity index is 339. The normalized spacial score (nSPS) is 10.5. The summed E-state index contributed by atoms with van der Waals surface area (Å²) in [5, 5.41) is 4.10. The second kappa shape index (κ2) is 6.77. The molecule has 0 saturated carbocycles. The maximum absolute atomic E-state index is 6.05. The van der Waals surface area contributed by atoms with Crippen molar-refractivity contribution in [3.05, 3.63) is 28.3 Å². The molecule has 0 spiro atoms. The van der Waals surface area contributed by atoms with Gasteiger partial charge in [0.05, 0.1) is 7.11 Å². The van der Waals surface area contributed by atoms with Crippen LogP contribution in [0.15, 0.2) is 12.1 Å². The SMILES string of the molecule is CCNCCCc1cc(Cl)cc(C)c1OC. The molecule has 0 radical (unpaired) electrons. The summed E-state index contributed by atoms with van der Waals surface area (Å²) in [6, 6.07) is 3.94. The summed E-state index contributed by atoms with van der Waals surface area (Å²) in [6.07, 6.45) is 2.10. The number of ether oxygens (including phenoxy) is 1. The highest BCUT2D eigenvalue weighted by atomic mass is 35.5. The van der Waals surface area contributed by atoms with Gasteiger partial charge in [0.2, 0.25) is 0 Å². The molecule has 0 amide bonds. The van der Waals surface area contributed by atoms with Gasteiger partial charge in [0.25, 0.3) is 0 Å². The van der Waals surface area contributed by atoms with Crippen LogP contribution < -0.4 is 10.1 Å². The minimum atomic E-state index is 0.789. The van der Waals surface area contributed by atoms with Crippen molar-refractivity contribution in [1.29, 1.82) is 0 Å². The van der Waals surface area contributed by atoms with E-state index in [0.29, 0.717) is 0 Å². The lowest BCUT2D eigenvalue weighted by Crippen LogP contribution is -2.14. The highest BCUT2D eigenvalue weighted by molar-refractivity contribution is 6.30. The molecule has 0 saturated heterocycles. The second-order valence-corrected chi connectivity index (χ2v) is 4.31. The van der Waals surface area contributed by atoms with Crippen molar-refractivity contribution < 1.29 is 4.74 Å². The molecule has 0 aromatic heterocycles. The van der Waals surface area contributed by atoms with Crippen molar-refractivity contribution in [2.45, 2.75) is 26.7 Å². The molecule has 0 heterocycles. The molecular weight excluding hydrogens is 222 g/mol.